The first-order valence-electron chi connectivity index (χ1n) is 6.49. The fourth-order valence-electron chi connectivity index (χ4n) is 2.09. The smallest absolute Gasteiger partial charge is 0.330 e. The minimum atomic E-state index is -0.443. The molecule has 0 spiro atoms. The molecule has 1 aromatic carbocycles. The lowest BCUT2D eigenvalue weighted by molar-refractivity contribution is 0.0593. The van der Waals surface area contributed by atoms with Crippen molar-refractivity contribution in [1.82, 2.24) is 9.55 Å². The molecule has 6 heteroatoms. The molecule has 1 N–H and O–H groups in total. The molecule has 0 aliphatic carbocycles. The summed E-state index contributed by atoms with van der Waals surface area (Å²) in [6.07, 6.45) is 0. The minimum Gasteiger partial charge on any atom is -0.356 e. The van der Waals surface area contributed by atoms with Gasteiger partial charge < -0.3 is 9.72 Å². The fourth-order valence-corrected chi connectivity index (χ4v) is 3.05. The zero-order valence-electron chi connectivity index (χ0n) is 11.5. The third kappa shape index (κ3) is 2.68. The van der Waals surface area contributed by atoms with Gasteiger partial charge in [-0.25, -0.2) is 9.36 Å². The van der Waals surface area contributed by atoms with Crippen LogP contribution in [0, 0.1) is 6.92 Å². The number of benzene rings is 1. The number of thiophene rings is 1. The van der Waals surface area contributed by atoms with E-state index in [4.69, 9.17) is 4.74 Å². The largest absolute Gasteiger partial charge is 0.356 e. The highest BCUT2D eigenvalue weighted by Gasteiger charge is 2.10. The van der Waals surface area contributed by atoms with E-state index in [1.807, 2.05) is 42.6 Å². The highest BCUT2D eigenvalue weighted by Crippen LogP contribution is 2.18. The van der Waals surface area contributed by atoms with Crippen LogP contribution < -0.4 is 11.2 Å². The van der Waals surface area contributed by atoms with Crippen LogP contribution >= 0.6 is 11.3 Å². The summed E-state index contributed by atoms with van der Waals surface area (Å²) in [5, 5.41) is 1.86. The van der Waals surface area contributed by atoms with Gasteiger partial charge >= 0.3 is 5.69 Å². The van der Waals surface area contributed by atoms with Crippen LogP contribution in [0.25, 0.3) is 10.2 Å². The van der Waals surface area contributed by atoms with Crippen LogP contribution in [0.1, 0.15) is 11.1 Å². The van der Waals surface area contributed by atoms with Gasteiger partial charge in [0.05, 0.1) is 12.1 Å². The van der Waals surface area contributed by atoms with Crippen molar-refractivity contribution in [3.8, 4) is 0 Å². The number of rotatable bonds is 4. The number of aryl methyl sites for hydroxylation is 1. The number of ether oxygens (including phenoxy) is 1. The van der Waals surface area contributed by atoms with Crippen LogP contribution in [0.3, 0.4) is 0 Å². The zero-order valence-corrected chi connectivity index (χ0v) is 12.3. The van der Waals surface area contributed by atoms with Crippen molar-refractivity contribution in [2.45, 2.75) is 20.3 Å². The maximum Gasteiger partial charge on any atom is 0.330 e. The van der Waals surface area contributed by atoms with E-state index >= 15 is 0 Å². The summed E-state index contributed by atoms with van der Waals surface area (Å²) >= 11 is 1.33. The maximum absolute atomic E-state index is 12.3. The zero-order chi connectivity index (χ0) is 14.8. The Kier molecular flexibility index (Phi) is 3.72. The van der Waals surface area contributed by atoms with Gasteiger partial charge in [0, 0.05) is 0 Å². The van der Waals surface area contributed by atoms with E-state index in [2.05, 4.69) is 4.98 Å². The van der Waals surface area contributed by atoms with Gasteiger partial charge in [-0.2, -0.15) is 0 Å². The number of fused-ring (bicyclic) bond motifs is 1. The molecule has 0 amide bonds. The summed E-state index contributed by atoms with van der Waals surface area (Å²) in [5.41, 5.74) is 1.77. The molecule has 0 bridgehead atoms. The van der Waals surface area contributed by atoms with Crippen molar-refractivity contribution in [3.63, 3.8) is 0 Å². The predicted molar refractivity (Wildman–Crippen MR) is 82.7 cm³/mol. The van der Waals surface area contributed by atoms with Crippen LogP contribution in [0.4, 0.5) is 0 Å². The summed E-state index contributed by atoms with van der Waals surface area (Å²) in [4.78, 5) is 27.0. The molecule has 0 aliphatic rings. The molecule has 0 radical (unpaired) electrons. The van der Waals surface area contributed by atoms with E-state index in [1.54, 1.807) is 0 Å². The fraction of sp³-hybridized carbons (Fsp3) is 0.200. The summed E-state index contributed by atoms with van der Waals surface area (Å²) in [5.74, 6) is 0. The molecule has 0 saturated carbocycles. The molecule has 0 atom stereocenters. The first kappa shape index (κ1) is 13.8. The molecule has 108 valence electrons. The van der Waals surface area contributed by atoms with Crippen LogP contribution in [0.15, 0.2) is 45.3 Å². The standard InChI is InChI=1S/C15H14N2O3S/c1-10-8-21-13-12(10)16-15(19)17(14(13)18)9-20-7-11-5-3-2-4-6-11/h2-6,8H,7,9H2,1H3,(H,16,19). The van der Waals surface area contributed by atoms with Crippen molar-refractivity contribution in [3.05, 3.63) is 67.7 Å². The average Bonchev–Trinajstić information content (AvgIpc) is 2.85. The molecule has 21 heavy (non-hydrogen) atoms. The summed E-state index contributed by atoms with van der Waals surface area (Å²) < 4.78 is 7.11. The number of nitrogens with one attached hydrogen (secondary N) is 1. The molecule has 0 fully saturated rings. The lowest BCUT2D eigenvalue weighted by Crippen LogP contribution is -2.35. The molecule has 2 heterocycles. The van der Waals surface area contributed by atoms with Crippen molar-refractivity contribution in [2.24, 2.45) is 0 Å². The minimum absolute atomic E-state index is 0.0596. The van der Waals surface area contributed by atoms with E-state index in [1.165, 1.54) is 11.3 Å². The van der Waals surface area contributed by atoms with Gasteiger partial charge in [-0.15, -0.1) is 11.3 Å². The SMILES string of the molecule is Cc1csc2c(=O)n(COCc3ccccc3)c(=O)[nH]c12. The molecule has 0 aliphatic heterocycles. The Morgan fingerprint density at radius 1 is 1.24 bits per heavy atom. The third-order valence-corrected chi connectivity index (χ3v) is 4.31. The Morgan fingerprint density at radius 2 is 2.00 bits per heavy atom. The van der Waals surface area contributed by atoms with Crippen molar-refractivity contribution in [2.75, 3.05) is 0 Å². The first-order valence-corrected chi connectivity index (χ1v) is 7.37. The van der Waals surface area contributed by atoms with Crippen LogP contribution in [-0.4, -0.2) is 9.55 Å². The highest BCUT2D eigenvalue weighted by molar-refractivity contribution is 7.17. The van der Waals surface area contributed by atoms with E-state index in [9.17, 15) is 9.59 Å². The maximum atomic E-state index is 12.3. The highest BCUT2D eigenvalue weighted by atomic mass is 32.1. The molecule has 3 rings (SSSR count). The number of hydrogen-bond donors (Lipinski definition) is 1. The van der Waals surface area contributed by atoms with Gasteiger partial charge in [-0.1, -0.05) is 30.3 Å². The number of H-pyrrole nitrogens is 1. The Morgan fingerprint density at radius 3 is 2.76 bits per heavy atom. The molecule has 3 aromatic rings. The lowest BCUT2D eigenvalue weighted by atomic mass is 10.2. The average molecular weight is 302 g/mol. The molecular formula is C15H14N2O3S. The summed E-state index contributed by atoms with van der Waals surface area (Å²) in [7, 11) is 0. The first-order chi connectivity index (χ1) is 10.2. The van der Waals surface area contributed by atoms with Gasteiger partial charge in [0.1, 0.15) is 11.4 Å². The van der Waals surface area contributed by atoms with Gasteiger partial charge in [0.15, 0.2) is 0 Å². The topological polar surface area (TPSA) is 64.1 Å². The van der Waals surface area contributed by atoms with E-state index in [0.29, 0.717) is 16.8 Å². The van der Waals surface area contributed by atoms with Crippen molar-refractivity contribution in [1.29, 1.82) is 0 Å². The van der Waals surface area contributed by atoms with E-state index in [0.717, 1.165) is 15.7 Å². The Labute approximate surface area is 124 Å². The number of aromatic nitrogens is 2. The van der Waals surface area contributed by atoms with E-state index in [-0.39, 0.29) is 12.3 Å². The van der Waals surface area contributed by atoms with Gasteiger partial charge in [-0.3, -0.25) is 4.79 Å². The molecule has 0 saturated heterocycles. The van der Waals surface area contributed by atoms with Crippen LogP contribution in [0.2, 0.25) is 0 Å². The summed E-state index contributed by atoms with van der Waals surface area (Å²) in [6, 6.07) is 9.61. The molecule has 2 aromatic heterocycles. The number of nitrogens with zero attached hydrogens (tertiary/aromatic N) is 1. The number of hydrogen-bond acceptors (Lipinski definition) is 4. The van der Waals surface area contributed by atoms with Crippen LogP contribution in [0.5, 0.6) is 0 Å². The second-order valence-electron chi connectivity index (χ2n) is 4.75. The normalized spacial score (nSPS) is 11.1. The second-order valence-corrected chi connectivity index (χ2v) is 5.63. The Bertz CT molecular complexity index is 877. The van der Waals surface area contributed by atoms with E-state index < -0.39 is 5.69 Å². The summed E-state index contributed by atoms with van der Waals surface area (Å²) in [6.45, 7) is 2.16. The predicted octanol–water partition coefficient (Wildman–Crippen LogP) is 2.23. The lowest BCUT2D eigenvalue weighted by Gasteiger charge is -2.06. The van der Waals surface area contributed by atoms with Gasteiger partial charge in [0.2, 0.25) is 0 Å². The van der Waals surface area contributed by atoms with Crippen molar-refractivity contribution < 1.29 is 4.74 Å². The molecule has 0 unspecified atom stereocenters. The van der Waals surface area contributed by atoms with Gasteiger partial charge in [-0.05, 0) is 23.4 Å². The molecule has 5 nitrogen and oxygen atoms in total. The van der Waals surface area contributed by atoms with Crippen LogP contribution in [-0.2, 0) is 18.1 Å². The Balaban J connectivity index is 1.84. The third-order valence-electron chi connectivity index (χ3n) is 3.22. The Hall–Kier alpha value is -2.18. The number of aromatic amines is 1. The second kappa shape index (κ2) is 5.67. The monoisotopic (exact) mass is 302 g/mol. The van der Waals surface area contributed by atoms with Crippen molar-refractivity contribution >= 4 is 21.6 Å². The van der Waals surface area contributed by atoms with Gasteiger partial charge in [0.25, 0.3) is 5.56 Å². The molecular weight excluding hydrogens is 288 g/mol. The quantitative estimate of drug-likeness (QED) is 0.804.